The maximum Gasteiger partial charge on any atom is 0.418 e. The van der Waals surface area contributed by atoms with Crippen molar-refractivity contribution in [2.45, 2.75) is 56.3 Å². The number of nitrogens with one attached hydrogen (secondary N) is 2. The van der Waals surface area contributed by atoms with Gasteiger partial charge in [0.15, 0.2) is 0 Å². The molecule has 25 heavy (non-hydrogen) atoms. The zero-order valence-electron chi connectivity index (χ0n) is 13.8. The van der Waals surface area contributed by atoms with Gasteiger partial charge in [0, 0.05) is 12.6 Å². The Kier molecular flexibility index (Phi) is 5.16. The Bertz CT molecular complexity index is 642. The van der Waals surface area contributed by atoms with E-state index in [0.717, 1.165) is 19.3 Å². The summed E-state index contributed by atoms with van der Waals surface area (Å²) in [5.74, 6) is -0.451. The summed E-state index contributed by atoms with van der Waals surface area (Å²) in [4.78, 5) is 31.3. The number of piperidine rings is 1. The maximum atomic E-state index is 12.4. The summed E-state index contributed by atoms with van der Waals surface area (Å²) < 4.78 is 34.8. The molecule has 4 atom stereocenters. The maximum absolute atomic E-state index is 12.4. The molecule has 1 aliphatic carbocycles. The van der Waals surface area contributed by atoms with Crippen molar-refractivity contribution < 1.29 is 31.7 Å². The van der Waals surface area contributed by atoms with E-state index < -0.39 is 34.4 Å². The molecule has 3 N–H and O–H groups in total. The van der Waals surface area contributed by atoms with Gasteiger partial charge in [-0.2, -0.15) is 13.5 Å². The Balaban J connectivity index is 1.55. The largest absolute Gasteiger partial charge is 0.418 e. The highest BCUT2D eigenvalue weighted by Crippen LogP contribution is 2.31. The Labute approximate surface area is 145 Å². The highest BCUT2D eigenvalue weighted by molar-refractivity contribution is 7.80. The number of nitrogens with zero attached hydrogens (tertiary/aromatic N) is 2. The van der Waals surface area contributed by atoms with Gasteiger partial charge < -0.3 is 10.2 Å². The third kappa shape index (κ3) is 4.03. The molecule has 2 saturated heterocycles. The lowest BCUT2D eigenvalue weighted by Crippen LogP contribution is -2.50. The second-order valence-electron chi connectivity index (χ2n) is 6.51. The van der Waals surface area contributed by atoms with E-state index in [1.807, 2.05) is 7.05 Å². The first-order valence-corrected chi connectivity index (χ1v) is 9.54. The van der Waals surface area contributed by atoms with Crippen molar-refractivity contribution in [1.82, 2.24) is 20.8 Å². The molecule has 0 aromatic heterocycles. The van der Waals surface area contributed by atoms with Crippen molar-refractivity contribution in [3.05, 3.63) is 0 Å². The van der Waals surface area contributed by atoms with E-state index in [-0.39, 0.29) is 12.6 Å². The predicted molar refractivity (Wildman–Crippen MR) is 83.1 cm³/mol. The van der Waals surface area contributed by atoms with Crippen LogP contribution < -0.4 is 10.8 Å². The fraction of sp³-hybridized carbons (Fsp3) is 0.846. The minimum absolute atomic E-state index is 0.0774. The quantitative estimate of drug-likeness (QED) is 0.403. The first kappa shape index (κ1) is 18.3. The number of hydroxylamine groups is 3. The van der Waals surface area contributed by atoms with E-state index in [1.165, 1.54) is 4.90 Å². The molecule has 0 radical (unpaired) electrons. The number of carbonyl (C=O) groups excluding carboxylic acids is 2. The molecule has 2 unspecified atom stereocenters. The van der Waals surface area contributed by atoms with Crippen LogP contribution in [0.25, 0.3) is 0 Å². The second kappa shape index (κ2) is 7.03. The summed E-state index contributed by atoms with van der Waals surface area (Å²) in [6, 6.07) is -1.69. The number of hydrogen-bond donors (Lipinski definition) is 3. The molecule has 2 heterocycles. The van der Waals surface area contributed by atoms with Crippen LogP contribution in [-0.2, 0) is 24.3 Å². The number of urea groups is 1. The summed E-state index contributed by atoms with van der Waals surface area (Å²) in [5.41, 5.74) is 2.42. The van der Waals surface area contributed by atoms with E-state index >= 15 is 0 Å². The third-order valence-electron chi connectivity index (χ3n) is 4.92. The fourth-order valence-electron chi connectivity index (χ4n) is 3.62. The average Bonchev–Trinajstić information content (AvgIpc) is 3.11. The van der Waals surface area contributed by atoms with E-state index in [2.05, 4.69) is 15.1 Å². The summed E-state index contributed by atoms with van der Waals surface area (Å²) in [5, 5.41) is 3.77. The van der Waals surface area contributed by atoms with Crippen LogP contribution in [0, 0.1) is 0 Å². The summed E-state index contributed by atoms with van der Waals surface area (Å²) in [6.45, 7) is 0.150. The normalized spacial score (nSPS) is 32.3. The lowest BCUT2D eigenvalue weighted by Gasteiger charge is -2.29. The summed E-state index contributed by atoms with van der Waals surface area (Å²) >= 11 is 0. The standard InChI is InChI=1S/C13H22N4O7S/c1-14-8-2-4-10(6-8)23-15-12(18)11-5-3-9-7-16(11)13(19)17(9)24-25(20,21)22/h8-11,14H,2-7H2,1H3,(H,15,18)(H,20,21,22)/t8?,9-,10?,11+/m1/s1. The van der Waals surface area contributed by atoms with Crippen molar-refractivity contribution in [3.8, 4) is 0 Å². The van der Waals surface area contributed by atoms with Gasteiger partial charge in [0.05, 0.1) is 12.1 Å². The van der Waals surface area contributed by atoms with Crippen LogP contribution in [-0.4, -0.2) is 72.7 Å². The molecule has 0 spiro atoms. The van der Waals surface area contributed by atoms with Gasteiger partial charge in [-0.05, 0) is 39.2 Å². The molecular formula is C13H22N4O7S. The lowest BCUT2D eigenvalue weighted by atomic mass is 10.0. The molecule has 12 heteroatoms. The highest BCUT2D eigenvalue weighted by atomic mass is 32.3. The van der Waals surface area contributed by atoms with Crippen molar-refractivity contribution in [2.24, 2.45) is 0 Å². The molecular weight excluding hydrogens is 356 g/mol. The molecule has 2 bridgehead atoms. The molecule has 1 saturated carbocycles. The highest BCUT2D eigenvalue weighted by Gasteiger charge is 2.49. The number of hydrogen-bond acceptors (Lipinski definition) is 7. The minimum atomic E-state index is -4.80. The SMILES string of the molecule is CNC1CCC(ONC(=O)[C@@H]2CC[C@@H]3CN2C(=O)N3OS(=O)(=O)O)C1. The van der Waals surface area contributed by atoms with Crippen molar-refractivity contribution >= 4 is 22.3 Å². The van der Waals surface area contributed by atoms with Gasteiger partial charge in [0.25, 0.3) is 5.91 Å². The van der Waals surface area contributed by atoms with Gasteiger partial charge in [-0.15, -0.1) is 4.28 Å². The monoisotopic (exact) mass is 378 g/mol. The molecule has 11 nitrogen and oxygen atoms in total. The minimum Gasteiger partial charge on any atom is -0.317 e. The second-order valence-corrected chi connectivity index (χ2v) is 7.52. The van der Waals surface area contributed by atoms with Crippen molar-refractivity contribution in [1.29, 1.82) is 0 Å². The van der Waals surface area contributed by atoms with Gasteiger partial charge in [-0.25, -0.2) is 10.3 Å². The summed E-state index contributed by atoms with van der Waals surface area (Å²) in [6.07, 6.45) is 3.24. The van der Waals surface area contributed by atoms with Crippen LogP contribution in [0.2, 0.25) is 0 Å². The van der Waals surface area contributed by atoms with Crippen LogP contribution in [0.1, 0.15) is 32.1 Å². The van der Waals surface area contributed by atoms with E-state index in [9.17, 15) is 18.0 Å². The average molecular weight is 378 g/mol. The van der Waals surface area contributed by atoms with E-state index in [1.54, 1.807) is 0 Å². The number of rotatable bonds is 6. The van der Waals surface area contributed by atoms with Crippen molar-refractivity contribution in [3.63, 3.8) is 0 Å². The molecule has 142 valence electrons. The van der Waals surface area contributed by atoms with Gasteiger partial charge in [-0.3, -0.25) is 14.2 Å². The smallest absolute Gasteiger partial charge is 0.317 e. The first-order chi connectivity index (χ1) is 11.8. The van der Waals surface area contributed by atoms with Crippen LogP contribution >= 0.6 is 0 Å². The van der Waals surface area contributed by atoms with Crippen LogP contribution in [0.15, 0.2) is 0 Å². The molecule has 2 aliphatic heterocycles. The first-order valence-electron chi connectivity index (χ1n) is 8.18. The Morgan fingerprint density at radius 3 is 2.68 bits per heavy atom. The zero-order chi connectivity index (χ0) is 18.2. The number of amides is 3. The predicted octanol–water partition coefficient (Wildman–Crippen LogP) is -0.822. The Hall–Kier alpha value is -1.47. The van der Waals surface area contributed by atoms with E-state index in [0.29, 0.717) is 23.9 Å². The number of fused-ring (bicyclic) bond motifs is 2. The van der Waals surface area contributed by atoms with Crippen LogP contribution in [0.5, 0.6) is 0 Å². The Morgan fingerprint density at radius 1 is 1.28 bits per heavy atom. The molecule has 0 aromatic carbocycles. The third-order valence-corrected chi connectivity index (χ3v) is 5.27. The molecule has 3 rings (SSSR count). The van der Waals surface area contributed by atoms with Crippen LogP contribution in [0.3, 0.4) is 0 Å². The van der Waals surface area contributed by atoms with Gasteiger partial charge in [0.2, 0.25) is 0 Å². The number of carbonyl (C=O) groups is 2. The van der Waals surface area contributed by atoms with Gasteiger partial charge in [0.1, 0.15) is 6.04 Å². The van der Waals surface area contributed by atoms with Gasteiger partial charge >= 0.3 is 16.4 Å². The summed E-state index contributed by atoms with van der Waals surface area (Å²) in [7, 11) is -2.92. The topological polar surface area (TPSA) is 138 Å². The van der Waals surface area contributed by atoms with E-state index in [4.69, 9.17) is 9.39 Å². The fourth-order valence-corrected chi connectivity index (χ4v) is 4.01. The molecule has 3 aliphatic rings. The van der Waals surface area contributed by atoms with Crippen LogP contribution in [0.4, 0.5) is 4.79 Å². The van der Waals surface area contributed by atoms with Crippen molar-refractivity contribution in [2.75, 3.05) is 13.6 Å². The Morgan fingerprint density at radius 2 is 2.04 bits per heavy atom. The molecule has 0 aromatic rings. The van der Waals surface area contributed by atoms with Gasteiger partial charge in [-0.1, -0.05) is 0 Å². The zero-order valence-corrected chi connectivity index (χ0v) is 14.6. The lowest BCUT2D eigenvalue weighted by molar-refractivity contribution is -0.143. The molecule has 3 fully saturated rings. The molecule has 3 amide bonds.